The molecule has 5 heteroatoms. The molecule has 3 aromatic carbocycles. The average Bonchev–Trinajstić information content (AvgIpc) is 3.03. The average molecular weight is 427 g/mol. The Morgan fingerprint density at radius 1 is 0.786 bits per heavy atom. The van der Waals surface area contributed by atoms with E-state index in [4.69, 9.17) is 34.8 Å². The van der Waals surface area contributed by atoms with Crippen molar-refractivity contribution in [3.63, 3.8) is 0 Å². The summed E-state index contributed by atoms with van der Waals surface area (Å²) in [6, 6.07) is 22.3. The zero-order valence-electron chi connectivity index (χ0n) is 14.6. The number of benzene rings is 3. The fourth-order valence-corrected chi connectivity index (χ4v) is 3.47. The molecule has 0 fully saturated rings. The van der Waals surface area contributed by atoms with Gasteiger partial charge in [0.05, 0.1) is 21.4 Å². The van der Waals surface area contributed by atoms with Crippen LogP contribution in [0.3, 0.4) is 0 Å². The summed E-state index contributed by atoms with van der Waals surface area (Å²) in [4.78, 5) is 14.9. The highest BCUT2D eigenvalue weighted by atomic mass is 35.5. The number of hydrogen-bond acceptors (Lipinski definition) is 1. The molecule has 0 unspecified atom stereocenters. The SMILES string of the molecule is O=C1C(=Cc2ccc(Cl)cc2)C=C(c2ccccc2)N1c1ccc(Cl)c(Cl)c1. The predicted octanol–water partition coefficient (Wildman–Crippen LogP) is 7.12. The fraction of sp³-hybridized carbons (Fsp3) is 0. The van der Waals surface area contributed by atoms with Gasteiger partial charge in [0.2, 0.25) is 0 Å². The topological polar surface area (TPSA) is 20.3 Å². The normalized spacial score (nSPS) is 15.2. The number of nitrogens with zero attached hydrogens (tertiary/aromatic N) is 1. The molecule has 0 atom stereocenters. The molecule has 2 nitrogen and oxygen atoms in total. The summed E-state index contributed by atoms with van der Waals surface area (Å²) in [7, 11) is 0. The molecule has 0 bridgehead atoms. The zero-order chi connectivity index (χ0) is 19.7. The molecule has 1 aliphatic heterocycles. The maximum Gasteiger partial charge on any atom is 0.262 e. The van der Waals surface area contributed by atoms with Crippen LogP contribution in [0, 0.1) is 0 Å². The van der Waals surface area contributed by atoms with Gasteiger partial charge in [-0.1, -0.05) is 77.3 Å². The third-order valence-electron chi connectivity index (χ3n) is 4.41. The van der Waals surface area contributed by atoms with Gasteiger partial charge in [0.25, 0.3) is 5.91 Å². The van der Waals surface area contributed by atoms with Gasteiger partial charge in [-0.3, -0.25) is 9.69 Å². The summed E-state index contributed by atoms with van der Waals surface area (Å²) >= 11 is 18.2. The largest absolute Gasteiger partial charge is 0.276 e. The van der Waals surface area contributed by atoms with Crippen LogP contribution in [0.15, 0.2) is 84.4 Å². The molecule has 4 rings (SSSR count). The van der Waals surface area contributed by atoms with E-state index in [1.54, 1.807) is 35.2 Å². The van der Waals surface area contributed by atoms with E-state index >= 15 is 0 Å². The monoisotopic (exact) mass is 425 g/mol. The van der Waals surface area contributed by atoms with Crippen LogP contribution in [0.25, 0.3) is 11.8 Å². The van der Waals surface area contributed by atoms with Gasteiger partial charge in [-0.15, -0.1) is 0 Å². The van der Waals surface area contributed by atoms with Crippen LogP contribution in [0.4, 0.5) is 5.69 Å². The van der Waals surface area contributed by atoms with Crippen LogP contribution in [0.5, 0.6) is 0 Å². The molecule has 138 valence electrons. The van der Waals surface area contributed by atoms with Crippen molar-refractivity contribution in [3.8, 4) is 0 Å². The molecule has 0 radical (unpaired) electrons. The van der Waals surface area contributed by atoms with Crippen molar-refractivity contribution in [2.75, 3.05) is 4.90 Å². The maximum absolute atomic E-state index is 13.3. The number of hydrogen-bond donors (Lipinski definition) is 0. The number of carbonyl (C=O) groups is 1. The lowest BCUT2D eigenvalue weighted by Gasteiger charge is -2.21. The Morgan fingerprint density at radius 3 is 2.18 bits per heavy atom. The summed E-state index contributed by atoms with van der Waals surface area (Å²) in [5, 5.41) is 1.49. The Morgan fingerprint density at radius 2 is 1.50 bits per heavy atom. The Labute approximate surface area is 178 Å². The first-order valence-electron chi connectivity index (χ1n) is 8.57. The molecule has 0 aliphatic carbocycles. The minimum Gasteiger partial charge on any atom is -0.276 e. The molecule has 28 heavy (non-hydrogen) atoms. The highest BCUT2D eigenvalue weighted by molar-refractivity contribution is 6.42. The Hall–Kier alpha value is -2.52. The van der Waals surface area contributed by atoms with E-state index in [0.717, 1.165) is 16.8 Å². The van der Waals surface area contributed by atoms with Gasteiger partial charge in [-0.2, -0.15) is 0 Å². The van der Waals surface area contributed by atoms with Crippen LogP contribution in [-0.2, 0) is 4.79 Å². The molecule has 0 spiro atoms. The molecule has 0 aromatic heterocycles. The lowest BCUT2D eigenvalue weighted by Crippen LogP contribution is -2.24. The number of anilines is 1. The summed E-state index contributed by atoms with van der Waals surface area (Å²) in [6.07, 6.45) is 3.73. The van der Waals surface area contributed by atoms with E-state index in [2.05, 4.69) is 0 Å². The minimum atomic E-state index is -0.132. The van der Waals surface area contributed by atoms with Gasteiger partial charge in [-0.25, -0.2) is 0 Å². The van der Waals surface area contributed by atoms with Crippen LogP contribution in [0.2, 0.25) is 15.1 Å². The van der Waals surface area contributed by atoms with Crippen LogP contribution in [0.1, 0.15) is 11.1 Å². The number of halogens is 3. The van der Waals surface area contributed by atoms with Crippen LogP contribution in [-0.4, -0.2) is 5.91 Å². The van der Waals surface area contributed by atoms with Crippen molar-refractivity contribution in [3.05, 3.63) is 111 Å². The molecule has 1 heterocycles. The van der Waals surface area contributed by atoms with E-state index < -0.39 is 0 Å². The van der Waals surface area contributed by atoms with Gasteiger partial charge in [-0.05, 0) is 53.6 Å². The molecule has 0 saturated carbocycles. The number of rotatable bonds is 3. The van der Waals surface area contributed by atoms with E-state index in [0.29, 0.717) is 26.3 Å². The van der Waals surface area contributed by atoms with Crippen LogP contribution >= 0.6 is 34.8 Å². The fourth-order valence-electron chi connectivity index (χ4n) is 3.06. The van der Waals surface area contributed by atoms with Crippen molar-refractivity contribution < 1.29 is 4.79 Å². The molecule has 3 aromatic rings. The predicted molar refractivity (Wildman–Crippen MR) is 118 cm³/mol. The Kier molecular flexibility index (Phi) is 5.27. The second-order valence-electron chi connectivity index (χ2n) is 6.29. The molecule has 0 N–H and O–H groups in total. The molecule has 0 saturated heterocycles. The van der Waals surface area contributed by atoms with Gasteiger partial charge < -0.3 is 0 Å². The number of amides is 1. The first kappa shape index (κ1) is 18.8. The lowest BCUT2D eigenvalue weighted by molar-refractivity contribution is -0.113. The number of carbonyl (C=O) groups excluding carboxylic acids is 1. The van der Waals surface area contributed by atoms with Gasteiger partial charge in [0.1, 0.15) is 0 Å². The first-order valence-corrected chi connectivity index (χ1v) is 9.70. The Bertz CT molecular complexity index is 1100. The van der Waals surface area contributed by atoms with Crippen molar-refractivity contribution in [1.82, 2.24) is 0 Å². The van der Waals surface area contributed by atoms with Gasteiger partial charge in [0.15, 0.2) is 0 Å². The molecule has 1 aliphatic rings. The minimum absolute atomic E-state index is 0.132. The summed E-state index contributed by atoms with van der Waals surface area (Å²) in [6.45, 7) is 0. The summed E-state index contributed by atoms with van der Waals surface area (Å²) in [5.41, 5.74) is 3.85. The van der Waals surface area contributed by atoms with E-state index in [1.165, 1.54) is 0 Å². The smallest absolute Gasteiger partial charge is 0.262 e. The summed E-state index contributed by atoms with van der Waals surface area (Å²) in [5.74, 6) is -0.132. The lowest BCUT2D eigenvalue weighted by atomic mass is 10.1. The molecular weight excluding hydrogens is 413 g/mol. The van der Waals surface area contributed by atoms with Gasteiger partial charge in [0, 0.05) is 10.6 Å². The third kappa shape index (κ3) is 3.72. The summed E-state index contributed by atoms with van der Waals surface area (Å²) < 4.78 is 0. The molecular formula is C23H14Cl3NO. The van der Waals surface area contributed by atoms with Crippen molar-refractivity contribution in [1.29, 1.82) is 0 Å². The standard InChI is InChI=1S/C23H14Cl3NO/c24-18-8-6-15(7-9-18)12-17-13-22(16-4-2-1-3-5-16)27(23(17)28)19-10-11-20(25)21(26)14-19/h1-14H. The van der Waals surface area contributed by atoms with E-state index in [9.17, 15) is 4.79 Å². The second-order valence-corrected chi connectivity index (χ2v) is 7.54. The van der Waals surface area contributed by atoms with Crippen molar-refractivity contribution in [2.45, 2.75) is 0 Å². The van der Waals surface area contributed by atoms with E-state index in [-0.39, 0.29) is 5.91 Å². The second kappa shape index (κ2) is 7.84. The highest BCUT2D eigenvalue weighted by Crippen LogP contribution is 2.37. The van der Waals surface area contributed by atoms with Crippen molar-refractivity contribution >= 4 is 58.2 Å². The van der Waals surface area contributed by atoms with E-state index in [1.807, 2.05) is 54.6 Å². The van der Waals surface area contributed by atoms with Gasteiger partial charge >= 0.3 is 0 Å². The highest BCUT2D eigenvalue weighted by Gasteiger charge is 2.30. The Balaban J connectivity index is 1.82. The quantitative estimate of drug-likeness (QED) is 0.408. The van der Waals surface area contributed by atoms with Crippen molar-refractivity contribution in [2.24, 2.45) is 0 Å². The maximum atomic E-state index is 13.3. The molecule has 1 amide bonds. The zero-order valence-corrected chi connectivity index (χ0v) is 16.8. The first-order chi connectivity index (χ1) is 13.5. The third-order valence-corrected chi connectivity index (χ3v) is 5.40. The van der Waals surface area contributed by atoms with Crippen LogP contribution < -0.4 is 4.90 Å².